The van der Waals surface area contributed by atoms with Crippen LogP contribution >= 0.6 is 0 Å². The first kappa shape index (κ1) is 8.75. The van der Waals surface area contributed by atoms with Gasteiger partial charge in [0, 0.05) is 12.5 Å². The topological polar surface area (TPSA) is 46.5 Å². The van der Waals surface area contributed by atoms with Gasteiger partial charge >= 0.3 is 5.97 Å². The second-order valence-electron chi connectivity index (χ2n) is 4.08. The van der Waals surface area contributed by atoms with Gasteiger partial charge in [-0.2, -0.15) is 0 Å². The van der Waals surface area contributed by atoms with Crippen LogP contribution in [0.15, 0.2) is 12.7 Å². The summed E-state index contributed by atoms with van der Waals surface area (Å²) in [5, 5.41) is 9.55. The zero-order valence-electron chi connectivity index (χ0n) is 7.53. The summed E-state index contributed by atoms with van der Waals surface area (Å²) < 4.78 is 5.29. The van der Waals surface area contributed by atoms with E-state index in [-0.39, 0.29) is 17.7 Å². The smallest absolute Gasteiger partial charge is 0.330 e. The molecule has 3 atom stereocenters. The minimum absolute atomic E-state index is 0.272. The Kier molecular flexibility index (Phi) is 1.91. The number of rotatable bonds is 2. The van der Waals surface area contributed by atoms with Crippen molar-refractivity contribution in [2.45, 2.75) is 37.4 Å². The van der Waals surface area contributed by atoms with E-state index < -0.39 is 0 Å². The Balaban J connectivity index is 2.05. The second kappa shape index (κ2) is 2.84. The van der Waals surface area contributed by atoms with E-state index in [1.165, 1.54) is 6.08 Å². The Morgan fingerprint density at radius 3 is 2.85 bits per heavy atom. The minimum Gasteiger partial charge on any atom is -0.456 e. The van der Waals surface area contributed by atoms with E-state index in [0.29, 0.717) is 12.3 Å². The first-order valence-corrected chi connectivity index (χ1v) is 4.69. The summed E-state index contributed by atoms with van der Waals surface area (Å²) in [6.07, 6.45) is 4.23. The fraction of sp³-hybridized carbons (Fsp3) is 0.700. The zero-order valence-corrected chi connectivity index (χ0v) is 7.53. The van der Waals surface area contributed by atoms with E-state index in [4.69, 9.17) is 4.74 Å². The molecule has 0 aromatic rings. The summed E-state index contributed by atoms with van der Waals surface area (Å²) in [6.45, 7) is 3.36. The number of hydrogen-bond acceptors (Lipinski definition) is 3. The predicted octanol–water partition coefficient (Wildman–Crippen LogP) is 1.02. The zero-order chi connectivity index (χ0) is 9.47. The molecule has 0 aromatic heterocycles. The molecule has 2 fully saturated rings. The maximum absolute atomic E-state index is 11.0. The Morgan fingerprint density at radius 1 is 1.62 bits per heavy atom. The number of aliphatic hydroxyl groups is 1. The summed E-state index contributed by atoms with van der Waals surface area (Å²) in [5.41, 5.74) is -0.366. The largest absolute Gasteiger partial charge is 0.456 e. The second-order valence-corrected chi connectivity index (χ2v) is 4.08. The molecule has 3 nitrogen and oxygen atoms in total. The van der Waals surface area contributed by atoms with Crippen molar-refractivity contribution in [3.8, 4) is 0 Å². The van der Waals surface area contributed by atoms with E-state index in [1.54, 1.807) is 0 Å². The Labute approximate surface area is 77.4 Å². The number of aliphatic hydroxyl groups excluding tert-OH is 1. The van der Waals surface area contributed by atoms with E-state index >= 15 is 0 Å². The van der Waals surface area contributed by atoms with Crippen LogP contribution in [0.3, 0.4) is 0 Å². The SMILES string of the molecule is C=CC(=O)OC12CCC(C1)C(O)C2. The van der Waals surface area contributed by atoms with Crippen LogP contribution in [-0.2, 0) is 9.53 Å². The van der Waals surface area contributed by atoms with Crippen molar-refractivity contribution in [2.75, 3.05) is 0 Å². The molecule has 0 aromatic carbocycles. The average molecular weight is 182 g/mol. The quantitative estimate of drug-likeness (QED) is 0.512. The van der Waals surface area contributed by atoms with Gasteiger partial charge in [0.25, 0.3) is 0 Å². The van der Waals surface area contributed by atoms with Gasteiger partial charge in [-0.05, 0) is 25.2 Å². The highest BCUT2D eigenvalue weighted by molar-refractivity contribution is 5.81. The fourth-order valence-corrected chi connectivity index (χ4v) is 2.58. The Bertz CT molecular complexity index is 245. The van der Waals surface area contributed by atoms with Crippen molar-refractivity contribution in [2.24, 2.45) is 5.92 Å². The van der Waals surface area contributed by atoms with Crippen LogP contribution in [0.4, 0.5) is 0 Å². The number of esters is 1. The Morgan fingerprint density at radius 2 is 2.38 bits per heavy atom. The van der Waals surface area contributed by atoms with Crippen molar-refractivity contribution in [3.05, 3.63) is 12.7 Å². The van der Waals surface area contributed by atoms with Gasteiger partial charge in [-0.3, -0.25) is 0 Å². The van der Waals surface area contributed by atoms with E-state index in [1.807, 2.05) is 0 Å². The van der Waals surface area contributed by atoms with Crippen molar-refractivity contribution >= 4 is 5.97 Å². The van der Waals surface area contributed by atoms with Crippen LogP contribution in [0, 0.1) is 5.92 Å². The highest BCUT2D eigenvalue weighted by Gasteiger charge is 2.52. The minimum atomic E-state index is -0.366. The van der Waals surface area contributed by atoms with Gasteiger partial charge in [-0.25, -0.2) is 4.79 Å². The third kappa shape index (κ3) is 1.37. The van der Waals surface area contributed by atoms with Crippen molar-refractivity contribution in [1.29, 1.82) is 0 Å². The molecule has 13 heavy (non-hydrogen) atoms. The van der Waals surface area contributed by atoms with Crippen LogP contribution in [0.1, 0.15) is 25.7 Å². The van der Waals surface area contributed by atoms with Crippen LogP contribution < -0.4 is 0 Å². The predicted molar refractivity (Wildman–Crippen MR) is 47.0 cm³/mol. The molecule has 0 spiro atoms. The molecule has 3 unspecified atom stereocenters. The molecule has 2 bridgehead atoms. The number of ether oxygens (including phenoxy) is 1. The molecule has 0 aliphatic heterocycles. The van der Waals surface area contributed by atoms with E-state index in [9.17, 15) is 9.90 Å². The maximum Gasteiger partial charge on any atom is 0.330 e. The monoisotopic (exact) mass is 182 g/mol. The molecule has 0 saturated heterocycles. The number of carbonyl (C=O) groups excluding carboxylic acids is 1. The van der Waals surface area contributed by atoms with Gasteiger partial charge in [0.15, 0.2) is 0 Å². The lowest BCUT2D eigenvalue weighted by Gasteiger charge is -2.27. The molecule has 0 radical (unpaired) electrons. The molecule has 3 heteroatoms. The summed E-state index contributed by atoms with van der Waals surface area (Å²) in [5.74, 6) is -0.0210. The van der Waals surface area contributed by atoms with Crippen LogP contribution in [0.25, 0.3) is 0 Å². The molecule has 2 saturated carbocycles. The average Bonchev–Trinajstić information content (AvgIpc) is 2.60. The standard InChI is InChI=1S/C10H14O3/c1-2-9(12)13-10-4-3-7(5-10)8(11)6-10/h2,7-8,11H,1,3-6H2. The van der Waals surface area contributed by atoms with Gasteiger partial charge in [-0.1, -0.05) is 6.58 Å². The first-order valence-electron chi connectivity index (χ1n) is 4.69. The van der Waals surface area contributed by atoms with Crippen LogP contribution in [0.2, 0.25) is 0 Å². The third-order valence-electron chi connectivity index (χ3n) is 3.21. The number of carbonyl (C=O) groups is 1. The van der Waals surface area contributed by atoms with Crippen LogP contribution in [-0.4, -0.2) is 22.8 Å². The summed E-state index contributed by atoms with van der Waals surface area (Å²) in [7, 11) is 0. The van der Waals surface area contributed by atoms with Gasteiger partial charge in [0.2, 0.25) is 0 Å². The molecular formula is C10H14O3. The van der Waals surface area contributed by atoms with Crippen molar-refractivity contribution in [1.82, 2.24) is 0 Å². The van der Waals surface area contributed by atoms with Crippen molar-refractivity contribution < 1.29 is 14.6 Å². The lowest BCUT2D eigenvalue weighted by atomic mass is 9.95. The lowest BCUT2D eigenvalue weighted by molar-refractivity contribution is -0.153. The highest BCUT2D eigenvalue weighted by atomic mass is 16.6. The van der Waals surface area contributed by atoms with Gasteiger partial charge < -0.3 is 9.84 Å². The Hall–Kier alpha value is -0.830. The summed E-state index contributed by atoms with van der Waals surface area (Å²) in [6, 6.07) is 0. The molecular weight excluding hydrogens is 168 g/mol. The molecule has 1 N–H and O–H groups in total. The number of fused-ring (bicyclic) bond motifs is 2. The highest BCUT2D eigenvalue weighted by Crippen LogP contribution is 2.50. The first-order chi connectivity index (χ1) is 6.15. The molecule has 2 rings (SSSR count). The van der Waals surface area contributed by atoms with Gasteiger partial charge in [0.05, 0.1) is 6.10 Å². The normalized spacial score (nSPS) is 41.9. The summed E-state index contributed by atoms with van der Waals surface area (Å²) in [4.78, 5) is 11.0. The van der Waals surface area contributed by atoms with Crippen molar-refractivity contribution in [3.63, 3.8) is 0 Å². The molecule has 0 heterocycles. The number of hydrogen-bond donors (Lipinski definition) is 1. The van der Waals surface area contributed by atoms with Crippen LogP contribution in [0.5, 0.6) is 0 Å². The van der Waals surface area contributed by atoms with E-state index in [0.717, 1.165) is 19.3 Å². The lowest BCUT2D eigenvalue weighted by Crippen LogP contribution is -2.32. The van der Waals surface area contributed by atoms with E-state index in [2.05, 4.69) is 6.58 Å². The molecule has 2 aliphatic carbocycles. The molecule has 2 aliphatic rings. The van der Waals surface area contributed by atoms with Gasteiger partial charge in [0.1, 0.15) is 5.60 Å². The van der Waals surface area contributed by atoms with Gasteiger partial charge in [-0.15, -0.1) is 0 Å². The maximum atomic E-state index is 11.0. The molecule has 72 valence electrons. The third-order valence-corrected chi connectivity index (χ3v) is 3.21. The summed E-state index contributed by atoms with van der Waals surface area (Å²) >= 11 is 0. The molecule has 0 amide bonds. The fourth-order valence-electron chi connectivity index (χ4n) is 2.58.